The maximum atomic E-state index is 9.40. The summed E-state index contributed by atoms with van der Waals surface area (Å²) in [5, 5.41) is 13.0. The lowest BCUT2D eigenvalue weighted by Gasteiger charge is -2.32. The number of nitrogens with zero attached hydrogens (tertiary/aromatic N) is 1. The SMILES string of the molecule is CC(O)CN1CCC(CNCc2ccc(Br)cc2)CC1. The van der Waals surface area contributed by atoms with Gasteiger partial charge in [0.15, 0.2) is 0 Å². The molecular formula is C16H25BrN2O. The molecule has 1 aliphatic rings. The highest BCUT2D eigenvalue weighted by Gasteiger charge is 2.19. The predicted octanol–water partition coefficient (Wildman–Crippen LogP) is 2.63. The van der Waals surface area contributed by atoms with Crippen molar-refractivity contribution in [3.63, 3.8) is 0 Å². The fourth-order valence-electron chi connectivity index (χ4n) is 2.77. The Bertz CT molecular complexity index is 386. The van der Waals surface area contributed by atoms with Crippen molar-refractivity contribution in [3.8, 4) is 0 Å². The van der Waals surface area contributed by atoms with Crippen LogP contribution in [0.15, 0.2) is 28.7 Å². The van der Waals surface area contributed by atoms with E-state index in [4.69, 9.17) is 0 Å². The van der Waals surface area contributed by atoms with Gasteiger partial charge in [0, 0.05) is 17.6 Å². The average molecular weight is 341 g/mol. The summed E-state index contributed by atoms with van der Waals surface area (Å²) >= 11 is 3.46. The Hall–Kier alpha value is -0.420. The number of hydrogen-bond acceptors (Lipinski definition) is 3. The van der Waals surface area contributed by atoms with Crippen LogP contribution >= 0.6 is 15.9 Å². The number of halogens is 1. The van der Waals surface area contributed by atoms with E-state index in [1.165, 1.54) is 18.4 Å². The van der Waals surface area contributed by atoms with Crippen molar-refractivity contribution in [2.45, 2.75) is 32.4 Å². The topological polar surface area (TPSA) is 35.5 Å². The highest BCUT2D eigenvalue weighted by Crippen LogP contribution is 2.17. The first-order chi connectivity index (χ1) is 9.63. The van der Waals surface area contributed by atoms with E-state index in [0.717, 1.165) is 43.1 Å². The van der Waals surface area contributed by atoms with Gasteiger partial charge in [0.2, 0.25) is 0 Å². The van der Waals surface area contributed by atoms with Crippen molar-refractivity contribution in [1.29, 1.82) is 0 Å². The van der Waals surface area contributed by atoms with Crippen LogP contribution in [0.4, 0.5) is 0 Å². The van der Waals surface area contributed by atoms with E-state index in [-0.39, 0.29) is 6.10 Å². The number of rotatable bonds is 6. The van der Waals surface area contributed by atoms with E-state index in [1.807, 2.05) is 6.92 Å². The third-order valence-corrected chi connectivity index (χ3v) is 4.43. The summed E-state index contributed by atoms with van der Waals surface area (Å²) in [6, 6.07) is 8.49. The lowest BCUT2D eigenvalue weighted by molar-refractivity contribution is 0.0998. The minimum Gasteiger partial charge on any atom is -0.392 e. The lowest BCUT2D eigenvalue weighted by Crippen LogP contribution is -2.40. The van der Waals surface area contributed by atoms with Gasteiger partial charge >= 0.3 is 0 Å². The number of aliphatic hydroxyl groups is 1. The van der Waals surface area contributed by atoms with Crippen LogP contribution in [-0.4, -0.2) is 42.3 Å². The molecule has 2 N–H and O–H groups in total. The van der Waals surface area contributed by atoms with Gasteiger partial charge in [-0.25, -0.2) is 0 Å². The molecule has 1 unspecified atom stereocenters. The number of likely N-dealkylation sites (tertiary alicyclic amines) is 1. The van der Waals surface area contributed by atoms with Crippen LogP contribution in [0.2, 0.25) is 0 Å². The molecule has 112 valence electrons. The number of hydrogen-bond donors (Lipinski definition) is 2. The molecule has 0 spiro atoms. The summed E-state index contributed by atoms with van der Waals surface area (Å²) in [6.07, 6.45) is 2.27. The zero-order valence-corrected chi connectivity index (χ0v) is 13.8. The summed E-state index contributed by atoms with van der Waals surface area (Å²) in [7, 11) is 0. The molecule has 1 saturated heterocycles. The maximum Gasteiger partial charge on any atom is 0.0639 e. The van der Waals surface area contributed by atoms with Crippen molar-refractivity contribution >= 4 is 15.9 Å². The normalized spacial score (nSPS) is 19.1. The third-order valence-electron chi connectivity index (χ3n) is 3.90. The fourth-order valence-corrected chi connectivity index (χ4v) is 3.03. The number of aliphatic hydroxyl groups excluding tert-OH is 1. The molecule has 0 amide bonds. The van der Waals surface area contributed by atoms with Crippen molar-refractivity contribution < 1.29 is 5.11 Å². The molecule has 1 aromatic rings. The summed E-state index contributed by atoms with van der Waals surface area (Å²) in [6.45, 7) is 6.97. The molecule has 0 bridgehead atoms. The van der Waals surface area contributed by atoms with Crippen LogP contribution in [0.5, 0.6) is 0 Å². The number of benzene rings is 1. The van der Waals surface area contributed by atoms with Gasteiger partial charge in [-0.15, -0.1) is 0 Å². The largest absolute Gasteiger partial charge is 0.392 e. The zero-order valence-electron chi connectivity index (χ0n) is 12.2. The van der Waals surface area contributed by atoms with E-state index >= 15 is 0 Å². The van der Waals surface area contributed by atoms with E-state index in [9.17, 15) is 5.11 Å². The molecule has 2 rings (SSSR count). The Labute approximate surface area is 130 Å². The van der Waals surface area contributed by atoms with Crippen LogP contribution in [0, 0.1) is 5.92 Å². The second-order valence-corrected chi connectivity index (χ2v) is 6.77. The second kappa shape index (κ2) is 8.13. The number of piperidine rings is 1. The van der Waals surface area contributed by atoms with Gasteiger partial charge in [0.05, 0.1) is 6.10 Å². The minimum absolute atomic E-state index is 0.206. The van der Waals surface area contributed by atoms with Gasteiger partial charge < -0.3 is 15.3 Å². The van der Waals surface area contributed by atoms with Crippen LogP contribution in [0.1, 0.15) is 25.3 Å². The fraction of sp³-hybridized carbons (Fsp3) is 0.625. The van der Waals surface area contributed by atoms with Gasteiger partial charge in [0.25, 0.3) is 0 Å². The lowest BCUT2D eigenvalue weighted by atomic mass is 9.96. The second-order valence-electron chi connectivity index (χ2n) is 5.85. The highest BCUT2D eigenvalue weighted by molar-refractivity contribution is 9.10. The van der Waals surface area contributed by atoms with Crippen LogP contribution < -0.4 is 5.32 Å². The molecule has 1 atom stereocenters. The van der Waals surface area contributed by atoms with Gasteiger partial charge in [-0.2, -0.15) is 0 Å². The smallest absolute Gasteiger partial charge is 0.0639 e. The average Bonchev–Trinajstić information content (AvgIpc) is 2.42. The Morgan fingerprint density at radius 1 is 1.30 bits per heavy atom. The first-order valence-electron chi connectivity index (χ1n) is 7.49. The Balaban J connectivity index is 1.62. The molecule has 0 aliphatic carbocycles. The molecule has 4 heteroatoms. The van der Waals surface area contributed by atoms with E-state index < -0.39 is 0 Å². The van der Waals surface area contributed by atoms with Crippen molar-refractivity contribution in [1.82, 2.24) is 10.2 Å². The summed E-state index contributed by atoms with van der Waals surface area (Å²) in [5.74, 6) is 0.774. The Morgan fingerprint density at radius 2 is 1.95 bits per heavy atom. The third kappa shape index (κ3) is 5.52. The Kier molecular flexibility index (Phi) is 6.49. The molecule has 3 nitrogen and oxygen atoms in total. The first-order valence-corrected chi connectivity index (χ1v) is 8.28. The zero-order chi connectivity index (χ0) is 14.4. The predicted molar refractivity (Wildman–Crippen MR) is 86.7 cm³/mol. The quantitative estimate of drug-likeness (QED) is 0.835. The van der Waals surface area contributed by atoms with E-state index in [0.29, 0.717) is 0 Å². The van der Waals surface area contributed by atoms with Crippen LogP contribution in [0.25, 0.3) is 0 Å². The molecule has 1 heterocycles. The summed E-state index contributed by atoms with van der Waals surface area (Å²) in [4.78, 5) is 2.37. The monoisotopic (exact) mass is 340 g/mol. The molecular weight excluding hydrogens is 316 g/mol. The number of nitrogens with one attached hydrogen (secondary N) is 1. The molecule has 1 aliphatic heterocycles. The van der Waals surface area contributed by atoms with Crippen LogP contribution in [0.3, 0.4) is 0 Å². The van der Waals surface area contributed by atoms with Crippen molar-refractivity contribution in [3.05, 3.63) is 34.3 Å². The van der Waals surface area contributed by atoms with E-state index in [2.05, 4.69) is 50.4 Å². The van der Waals surface area contributed by atoms with E-state index in [1.54, 1.807) is 0 Å². The molecule has 20 heavy (non-hydrogen) atoms. The maximum absolute atomic E-state index is 9.40. The molecule has 0 saturated carbocycles. The van der Waals surface area contributed by atoms with Crippen molar-refractivity contribution in [2.75, 3.05) is 26.2 Å². The standard InChI is InChI=1S/C16H25BrN2O/c1-13(20)12-19-8-6-15(7-9-19)11-18-10-14-2-4-16(17)5-3-14/h2-5,13,15,18,20H,6-12H2,1H3. The van der Waals surface area contributed by atoms with Gasteiger partial charge in [-0.3, -0.25) is 0 Å². The summed E-state index contributed by atoms with van der Waals surface area (Å²) < 4.78 is 1.13. The molecule has 0 aromatic heterocycles. The molecule has 1 aromatic carbocycles. The number of β-amino-alcohol motifs (C(OH)–C–C–N with tert-alkyl or cyclic N) is 1. The highest BCUT2D eigenvalue weighted by atomic mass is 79.9. The minimum atomic E-state index is -0.206. The molecule has 1 fully saturated rings. The van der Waals surface area contributed by atoms with Gasteiger partial charge in [0.1, 0.15) is 0 Å². The summed E-state index contributed by atoms with van der Waals surface area (Å²) in [5.41, 5.74) is 1.33. The van der Waals surface area contributed by atoms with Crippen molar-refractivity contribution in [2.24, 2.45) is 5.92 Å². The Morgan fingerprint density at radius 3 is 2.55 bits per heavy atom. The molecule has 0 radical (unpaired) electrons. The van der Waals surface area contributed by atoms with Gasteiger partial charge in [-0.05, 0) is 63.0 Å². The van der Waals surface area contributed by atoms with Gasteiger partial charge in [-0.1, -0.05) is 28.1 Å². The van der Waals surface area contributed by atoms with Crippen LogP contribution in [-0.2, 0) is 6.54 Å². The first kappa shape index (κ1) is 16.0.